The van der Waals surface area contributed by atoms with E-state index in [4.69, 9.17) is 15.9 Å². The van der Waals surface area contributed by atoms with Gasteiger partial charge in [-0.05, 0) is 6.42 Å². The largest absolute Gasteiger partial charge is 0.481 e. The Hall–Kier alpha value is -1.28. The van der Waals surface area contributed by atoms with Crippen LogP contribution in [-0.4, -0.2) is 57.8 Å². The number of hydrogen-bond donors (Lipinski definition) is 4. The molecule has 2 atom stereocenters. The molecule has 0 bridgehead atoms. The van der Waals surface area contributed by atoms with E-state index >= 15 is 0 Å². The highest BCUT2D eigenvalue weighted by Gasteiger charge is 2.28. The molecular weight excluding hydrogens is 248 g/mol. The van der Waals surface area contributed by atoms with Crippen molar-refractivity contribution in [3.05, 3.63) is 0 Å². The Morgan fingerprint density at radius 1 is 1.35 bits per heavy atom. The quantitative estimate of drug-likeness (QED) is 0.439. The van der Waals surface area contributed by atoms with E-state index in [1.165, 1.54) is 7.05 Å². The number of nitrogens with two attached hydrogens (primary N) is 1. The van der Waals surface area contributed by atoms with Crippen LogP contribution in [0.15, 0.2) is 0 Å². The molecule has 0 rings (SSSR count). The summed E-state index contributed by atoms with van der Waals surface area (Å²) < 4.78 is 0. The van der Waals surface area contributed by atoms with Crippen LogP contribution in [0.25, 0.3) is 0 Å². The van der Waals surface area contributed by atoms with E-state index in [-0.39, 0.29) is 18.6 Å². The van der Waals surface area contributed by atoms with Crippen LogP contribution in [0.5, 0.6) is 0 Å². The third-order valence-electron chi connectivity index (χ3n) is 2.26. The zero-order valence-electron chi connectivity index (χ0n) is 9.37. The molecule has 4 N–H and O–H groups in total. The van der Waals surface area contributed by atoms with Crippen LogP contribution in [0.2, 0.25) is 0 Å². The van der Waals surface area contributed by atoms with Crippen molar-refractivity contribution in [2.45, 2.75) is 24.9 Å². The van der Waals surface area contributed by atoms with Gasteiger partial charge in [-0.2, -0.15) is 12.6 Å². The fourth-order valence-corrected chi connectivity index (χ4v) is 1.58. The van der Waals surface area contributed by atoms with Gasteiger partial charge in [-0.25, -0.2) is 4.79 Å². The summed E-state index contributed by atoms with van der Waals surface area (Å²) in [5.74, 6) is -2.88. The SMILES string of the molecule is CN(C(=O)C(N)CCC(=O)O)[C@@H](CS)C(=O)O. The first kappa shape index (κ1) is 15.7. The minimum atomic E-state index is -1.18. The van der Waals surface area contributed by atoms with Gasteiger partial charge in [0.05, 0.1) is 6.04 Å². The summed E-state index contributed by atoms with van der Waals surface area (Å²) >= 11 is 3.83. The summed E-state index contributed by atoms with van der Waals surface area (Å²) in [6.07, 6.45) is -0.267. The number of carboxylic acids is 2. The van der Waals surface area contributed by atoms with Crippen LogP contribution in [0.1, 0.15) is 12.8 Å². The molecule has 0 heterocycles. The van der Waals surface area contributed by atoms with Gasteiger partial charge < -0.3 is 20.8 Å². The summed E-state index contributed by atoms with van der Waals surface area (Å²) in [5, 5.41) is 17.3. The van der Waals surface area contributed by atoms with Crippen LogP contribution in [0, 0.1) is 0 Å². The zero-order chi connectivity index (χ0) is 13.6. The van der Waals surface area contributed by atoms with Crippen LogP contribution in [0.3, 0.4) is 0 Å². The Kier molecular flexibility index (Phi) is 6.59. The summed E-state index contributed by atoms with van der Waals surface area (Å²) in [5.41, 5.74) is 5.49. The van der Waals surface area contributed by atoms with Gasteiger partial charge in [0, 0.05) is 19.2 Å². The van der Waals surface area contributed by atoms with Crippen LogP contribution < -0.4 is 5.73 Å². The summed E-state index contributed by atoms with van der Waals surface area (Å²) in [7, 11) is 1.30. The molecule has 8 heteroatoms. The number of rotatable bonds is 7. The predicted molar refractivity (Wildman–Crippen MR) is 62.9 cm³/mol. The van der Waals surface area contributed by atoms with E-state index in [0.29, 0.717) is 0 Å². The first-order valence-corrected chi connectivity index (χ1v) is 5.52. The van der Waals surface area contributed by atoms with Crippen molar-refractivity contribution >= 4 is 30.5 Å². The Morgan fingerprint density at radius 3 is 2.24 bits per heavy atom. The van der Waals surface area contributed by atoms with Gasteiger partial charge in [-0.15, -0.1) is 0 Å². The Bertz CT molecular complexity index is 310. The number of carboxylic acid groups (broad SMARTS) is 2. The van der Waals surface area contributed by atoms with Crippen molar-refractivity contribution in [2.24, 2.45) is 5.73 Å². The lowest BCUT2D eigenvalue weighted by Crippen LogP contribution is -2.50. The van der Waals surface area contributed by atoms with Gasteiger partial charge in [0.15, 0.2) is 0 Å². The van der Waals surface area contributed by atoms with Gasteiger partial charge in [-0.3, -0.25) is 9.59 Å². The van der Waals surface area contributed by atoms with Gasteiger partial charge in [-0.1, -0.05) is 0 Å². The average molecular weight is 264 g/mol. The summed E-state index contributed by atoms with van der Waals surface area (Å²) in [6, 6.07) is -2.08. The zero-order valence-corrected chi connectivity index (χ0v) is 10.3. The molecule has 0 aromatic carbocycles. The van der Waals surface area contributed by atoms with E-state index in [0.717, 1.165) is 4.90 Å². The maximum absolute atomic E-state index is 11.7. The third kappa shape index (κ3) is 5.05. The molecule has 0 aromatic rings. The van der Waals surface area contributed by atoms with E-state index in [9.17, 15) is 14.4 Å². The molecule has 7 nitrogen and oxygen atoms in total. The smallest absolute Gasteiger partial charge is 0.327 e. The van der Waals surface area contributed by atoms with Gasteiger partial charge in [0.2, 0.25) is 5.91 Å². The highest BCUT2D eigenvalue weighted by molar-refractivity contribution is 7.80. The fraction of sp³-hybridized carbons (Fsp3) is 0.667. The highest BCUT2D eigenvalue weighted by Crippen LogP contribution is 2.05. The molecule has 0 fully saturated rings. The lowest BCUT2D eigenvalue weighted by molar-refractivity contribution is -0.148. The van der Waals surface area contributed by atoms with Gasteiger partial charge in [0.25, 0.3) is 0 Å². The molecule has 0 spiro atoms. The Morgan fingerprint density at radius 2 is 1.88 bits per heavy atom. The second-order valence-corrected chi connectivity index (χ2v) is 3.89. The van der Waals surface area contributed by atoms with Crippen LogP contribution in [-0.2, 0) is 14.4 Å². The summed E-state index contributed by atoms with van der Waals surface area (Å²) in [4.78, 5) is 33.7. The number of aliphatic carboxylic acids is 2. The molecule has 0 aromatic heterocycles. The number of carbonyl (C=O) groups excluding carboxylic acids is 1. The number of hydrogen-bond acceptors (Lipinski definition) is 5. The Labute approximate surface area is 104 Å². The highest BCUT2D eigenvalue weighted by atomic mass is 32.1. The molecule has 0 aliphatic heterocycles. The van der Waals surface area contributed by atoms with Crippen LogP contribution >= 0.6 is 12.6 Å². The number of likely N-dealkylation sites (N-methyl/N-ethyl adjacent to an activating group) is 1. The third-order valence-corrected chi connectivity index (χ3v) is 2.61. The molecule has 17 heavy (non-hydrogen) atoms. The first-order valence-electron chi connectivity index (χ1n) is 4.89. The van der Waals surface area contributed by atoms with Gasteiger partial charge in [0.1, 0.15) is 6.04 Å². The molecule has 0 radical (unpaired) electrons. The number of amides is 1. The second-order valence-electron chi connectivity index (χ2n) is 3.52. The molecule has 0 saturated carbocycles. The van der Waals surface area contributed by atoms with Crippen molar-refractivity contribution < 1.29 is 24.6 Å². The van der Waals surface area contributed by atoms with Crippen molar-refractivity contribution in [2.75, 3.05) is 12.8 Å². The molecule has 1 amide bonds. The van der Waals surface area contributed by atoms with Crippen molar-refractivity contribution in [1.29, 1.82) is 0 Å². The summed E-state index contributed by atoms with van der Waals surface area (Å²) in [6.45, 7) is 0. The molecule has 0 aliphatic rings. The first-order chi connectivity index (χ1) is 7.81. The van der Waals surface area contributed by atoms with Crippen molar-refractivity contribution in [1.82, 2.24) is 4.90 Å². The minimum absolute atomic E-state index is 0.0303. The van der Waals surface area contributed by atoms with E-state index in [1.807, 2.05) is 0 Å². The molecule has 98 valence electrons. The standard InChI is InChI=1S/C9H16N2O5S/c1-11(6(4-17)9(15)16)8(14)5(10)2-3-7(12)13/h5-6,17H,2-4,10H2,1H3,(H,12,13)(H,15,16)/t5?,6-/m0/s1. The van der Waals surface area contributed by atoms with Crippen LogP contribution in [0.4, 0.5) is 0 Å². The lowest BCUT2D eigenvalue weighted by atomic mass is 10.1. The monoisotopic (exact) mass is 264 g/mol. The molecule has 1 unspecified atom stereocenters. The Balaban J connectivity index is 4.46. The number of nitrogens with zero attached hydrogens (tertiary/aromatic N) is 1. The number of carbonyl (C=O) groups is 3. The maximum atomic E-state index is 11.7. The van der Waals surface area contributed by atoms with Crippen molar-refractivity contribution in [3.8, 4) is 0 Å². The van der Waals surface area contributed by atoms with E-state index in [2.05, 4.69) is 12.6 Å². The predicted octanol–water partition coefficient (Wildman–Crippen LogP) is -0.980. The van der Waals surface area contributed by atoms with Gasteiger partial charge >= 0.3 is 11.9 Å². The molecule has 0 saturated heterocycles. The number of thiol groups is 1. The average Bonchev–Trinajstić information content (AvgIpc) is 2.24. The second kappa shape index (κ2) is 7.13. The lowest BCUT2D eigenvalue weighted by Gasteiger charge is -2.26. The molecular formula is C9H16N2O5S. The maximum Gasteiger partial charge on any atom is 0.327 e. The topological polar surface area (TPSA) is 121 Å². The van der Waals surface area contributed by atoms with Crippen molar-refractivity contribution in [3.63, 3.8) is 0 Å². The van der Waals surface area contributed by atoms with E-state index < -0.39 is 29.9 Å². The normalized spacial score (nSPS) is 13.8. The van der Waals surface area contributed by atoms with E-state index in [1.54, 1.807) is 0 Å². The molecule has 0 aliphatic carbocycles. The fourth-order valence-electron chi connectivity index (χ4n) is 1.18. The minimum Gasteiger partial charge on any atom is -0.481 e.